The quantitative estimate of drug-likeness (QED) is 0.522. The van der Waals surface area contributed by atoms with Crippen molar-refractivity contribution in [2.75, 3.05) is 0 Å². The molecular weight excluding hydrogens is 333 g/mol. The van der Waals surface area contributed by atoms with E-state index in [1.54, 1.807) is 0 Å². The van der Waals surface area contributed by atoms with Crippen molar-refractivity contribution in [2.24, 2.45) is 16.8 Å². The molecule has 2 saturated carbocycles. The Balaban J connectivity index is 1.47. The molecule has 0 N–H and O–H groups in total. The summed E-state index contributed by atoms with van der Waals surface area (Å²) in [5.74, 6) is 2.13. The Bertz CT molecular complexity index is 802. The molecule has 1 aromatic heterocycles. The first-order valence-corrected chi connectivity index (χ1v) is 9.36. The summed E-state index contributed by atoms with van der Waals surface area (Å²) in [5, 5.41) is 2.17. The second kappa shape index (κ2) is 7.11. The predicted octanol–water partition coefficient (Wildman–Crippen LogP) is 5.70. The smallest absolute Gasteiger partial charge is 0.241 e. The average Bonchev–Trinajstić information content (AvgIpc) is 3.48. The monoisotopic (exact) mass is 353 g/mol. The van der Waals surface area contributed by atoms with Gasteiger partial charge < -0.3 is 0 Å². The van der Waals surface area contributed by atoms with E-state index in [0.29, 0.717) is 5.92 Å². The van der Waals surface area contributed by atoms with E-state index in [-0.39, 0.29) is 11.5 Å². The van der Waals surface area contributed by atoms with Crippen molar-refractivity contribution in [3.05, 3.63) is 42.0 Å². The predicted molar refractivity (Wildman–Crippen MR) is 99.5 cm³/mol. The number of rotatable bonds is 4. The van der Waals surface area contributed by atoms with Crippen LogP contribution in [0.5, 0.6) is 0 Å². The molecule has 0 spiro atoms. The van der Waals surface area contributed by atoms with Crippen LogP contribution >= 0.6 is 12.2 Å². The van der Waals surface area contributed by atoms with Crippen molar-refractivity contribution >= 4 is 23.2 Å². The maximum Gasteiger partial charge on any atom is 0.241 e. The highest BCUT2D eigenvalue weighted by molar-refractivity contribution is 7.78. The fourth-order valence-corrected chi connectivity index (χ4v) is 4.15. The van der Waals surface area contributed by atoms with Gasteiger partial charge in [0.1, 0.15) is 5.69 Å². The summed E-state index contributed by atoms with van der Waals surface area (Å²) in [6.45, 7) is 0. The van der Waals surface area contributed by atoms with E-state index < -0.39 is 5.95 Å². The minimum atomic E-state index is -0.635. The Morgan fingerprint density at radius 2 is 1.64 bits per heavy atom. The molecule has 0 atom stereocenters. The van der Waals surface area contributed by atoms with Gasteiger partial charge in [0.2, 0.25) is 5.95 Å². The summed E-state index contributed by atoms with van der Waals surface area (Å²) in [7, 11) is 0. The summed E-state index contributed by atoms with van der Waals surface area (Å²) < 4.78 is 14.1. The third-order valence-corrected chi connectivity index (χ3v) is 5.68. The Hall–Kier alpha value is -1.97. The summed E-state index contributed by atoms with van der Waals surface area (Å²) >= 11 is 4.50. The largest absolute Gasteiger partial charge is 0.247 e. The number of nitrogens with zero attached hydrogens (tertiary/aromatic N) is 3. The van der Waals surface area contributed by atoms with Crippen molar-refractivity contribution in [1.82, 2.24) is 9.97 Å². The molecule has 4 rings (SSSR count). The molecule has 0 unspecified atom stereocenters. The van der Waals surface area contributed by atoms with E-state index in [9.17, 15) is 4.39 Å². The Morgan fingerprint density at radius 1 is 1.00 bits per heavy atom. The molecule has 0 radical (unpaired) electrons. The molecule has 3 nitrogen and oxygen atoms in total. The normalized spacial score (nSPS) is 23.1. The first-order chi connectivity index (χ1) is 12.2. The number of halogens is 1. The second-order valence-electron chi connectivity index (χ2n) is 7.14. The van der Waals surface area contributed by atoms with Crippen molar-refractivity contribution in [1.29, 1.82) is 0 Å². The fraction of sp³-hybridized carbons (Fsp3) is 0.450. The zero-order chi connectivity index (χ0) is 17.2. The molecule has 5 heteroatoms. The Labute approximate surface area is 152 Å². The number of isothiocyanates is 1. The Kier molecular flexibility index (Phi) is 4.69. The van der Waals surface area contributed by atoms with Crippen LogP contribution in [-0.4, -0.2) is 15.1 Å². The van der Waals surface area contributed by atoms with Gasteiger partial charge in [0.05, 0.1) is 11.4 Å². The van der Waals surface area contributed by atoms with Crippen LogP contribution in [0, 0.1) is 17.8 Å². The maximum absolute atomic E-state index is 14.1. The average molecular weight is 353 g/mol. The molecule has 25 heavy (non-hydrogen) atoms. The molecule has 2 aromatic rings. The SMILES string of the molecule is Fc1nc(N=C=S)cnc1-c1ccc(C2CCC(C3CC3)CC2)cc1. The van der Waals surface area contributed by atoms with E-state index >= 15 is 0 Å². The van der Waals surface area contributed by atoms with Crippen molar-refractivity contribution in [3.63, 3.8) is 0 Å². The van der Waals surface area contributed by atoms with E-state index in [2.05, 4.69) is 44.5 Å². The van der Waals surface area contributed by atoms with Gasteiger partial charge in [0, 0.05) is 5.56 Å². The number of benzene rings is 1. The molecule has 1 aromatic carbocycles. The highest BCUT2D eigenvalue weighted by Crippen LogP contribution is 2.47. The van der Waals surface area contributed by atoms with Gasteiger partial charge in [0.15, 0.2) is 5.82 Å². The van der Waals surface area contributed by atoms with Gasteiger partial charge in [-0.2, -0.15) is 14.4 Å². The number of hydrogen-bond acceptors (Lipinski definition) is 4. The van der Waals surface area contributed by atoms with Gasteiger partial charge in [-0.3, -0.25) is 0 Å². The van der Waals surface area contributed by atoms with E-state index in [1.165, 1.54) is 50.3 Å². The van der Waals surface area contributed by atoms with E-state index in [1.807, 2.05) is 12.1 Å². The molecule has 0 bridgehead atoms. The summed E-state index contributed by atoms with van der Waals surface area (Å²) in [4.78, 5) is 11.5. The highest BCUT2D eigenvalue weighted by Gasteiger charge is 2.34. The zero-order valence-corrected chi connectivity index (χ0v) is 14.8. The van der Waals surface area contributed by atoms with Crippen LogP contribution < -0.4 is 0 Å². The molecule has 2 aliphatic carbocycles. The lowest BCUT2D eigenvalue weighted by Gasteiger charge is -2.28. The van der Waals surface area contributed by atoms with Gasteiger partial charge in [-0.1, -0.05) is 24.3 Å². The summed E-state index contributed by atoms with van der Waals surface area (Å²) in [6.07, 6.45) is 9.58. The van der Waals surface area contributed by atoms with Crippen LogP contribution in [0.1, 0.15) is 50.0 Å². The van der Waals surface area contributed by atoms with Crippen LogP contribution in [0.2, 0.25) is 0 Å². The minimum Gasteiger partial charge on any atom is -0.247 e. The van der Waals surface area contributed by atoms with Gasteiger partial charge in [-0.25, -0.2) is 4.98 Å². The number of thiocarbonyl (C=S) groups is 1. The minimum absolute atomic E-state index is 0.139. The van der Waals surface area contributed by atoms with Crippen molar-refractivity contribution in [2.45, 2.75) is 44.4 Å². The molecule has 0 amide bonds. The molecule has 2 fully saturated rings. The third kappa shape index (κ3) is 3.68. The first kappa shape index (κ1) is 16.5. The topological polar surface area (TPSA) is 38.1 Å². The van der Waals surface area contributed by atoms with Crippen LogP contribution in [0.4, 0.5) is 10.2 Å². The molecular formula is C20H20FN3S. The summed E-state index contributed by atoms with van der Waals surface area (Å²) in [5.41, 5.74) is 2.33. The molecule has 1 heterocycles. The van der Waals surface area contributed by atoms with Crippen molar-refractivity contribution in [3.8, 4) is 11.3 Å². The number of aliphatic imine (C=N–C) groups is 1. The van der Waals surface area contributed by atoms with Gasteiger partial charge in [-0.15, -0.1) is 0 Å². The second-order valence-corrected chi connectivity index (χ2v) is 7.32. The van der Waals surface area contributed by atoms with Crippen molar-refractivity contribution < 1.29 is 4.39 Å². The maximum atomic E-state index is 14.1. The van der Waals surface area contributed by atoms with E-state index in [4.69, 9.17) is 0 Å². The van der Waals surface area contributed by atoms with Gasteiger partial charge in [0.25, 0.3) is 0 Å². The Morgan fingerprint density at radius 3 is 2.20 bits per heavy atom. The zero-order valence-electron chi connectivity index (χ0n) is 14.0. The van der Waals surface area contributed by atoms with Gasteiger partial charge in [-0.05, 0) is 74.1 Å². The van der Waals surface area contributed by atoms with Crippen LogP contribution in [0.25, 0.3) is 11.3 Å². The number of aromatic nitrogens is 2. The molecule has 0 saturated heterocycles. The third-order valence-electron chi connectivity index (χ3n) is 5.59. The van der Waals surface area contributed by atoms with E-state index in [0.717, 1.165) is 17.4 Å². The number of hydrogen-bond donors (Lipinski definition) is 0. The first-order valence-electron chi connectivity index (χ1n) is 8.95. The lowest BCUT2D eigenvalue weighted by Crippen LogP contribution is -2.14. The lowest BCUT2D eigenvalue weighted by atomic mass is 9.77. The fourth-order valence-electron chi connectivity index (χ4n) is 4.06. The van der Waals surface area contributed by atoms with Gasteiger partial charge >= 0.3 is 0 Å². The van der Waals surface area contributed by atoms with Crippen LogP contribution in [-0.2, 0) is 0 Å². The molecule has 128 valence electrons. The van der Waals surface area contributed by atoms with Crippen LogP contribution in [0.3, 0.4) is 0 Å². The standard InChI is InChI=1S/C20H20FN3S/c21-20-19(22-11-18(24-20)23-12-25)17-9-7-16(8-10-17)15-5-3-14(4-6-15)13-1-2-13/h7-11,13-15H,1-6H2. The van der Waals surface area contributed by atoms with Crippen LogP contribution in [0.15, 0.2) is 35.5 Å². The lowest BCUT2D eigenvalue weighted by molar-refractivity contribution is 0.296. The molecule has 0 aliphatic heterocycles. The molecule has 2 aliphatic rings. The summed E-state index contributed by atoms with van der Waals surface area (Å²) in [6, 6.07) is 8.11. The highest BCUT2D eigenvalue weighted by atomic mass is 32.1.